The first kappa shape index (κ1) is 17.6. The Morgan fingerprint density at radius 3 is 1.72 bits per heavy atom. The zero-order chi connectivity index (χ0) is 14.5. The van der Waals surface area contributed by atoms with Gasteiger partial charge in [-0.1, -0.05) is 48.1 Å². The molecule has 2 nitrogen and oxygen atoms in total. The second-order valence-corrected chi connectivity index (χ2v) is 11.5. The third-order valence-electron chi connectivity index (χ3n) is 3.96. The van der Waals surface area contributed by atoms with Crippen molar-refractivity contribution in [1.29, 1.82) is 0 Å². The highest BCUT2D eigenvalue weighted by Crippen LogP contribution is 2.42. The van der Waals surface area contributed by atoms with E-state index in [0.717, 1.165) is 0 Å². The molecule has 0 atom stereocenters. The molecule has 0 aliphatic rings. The number of hydrogen-bond acceptors (Lipinski definition) is 2. The van der Waals surface area contributed by atoms with E-state index in [1.54, 1.807) is 6.92 Å². The average molecular weight is 270 g/mol. The lowest BCUT2D eigenvalue weighted by molar-refractivity contribution is -0.113. The Bertz CT molecular complexity index is 271. The van der Waals surface area contributed by atoms with Crippen molar-refractivity contribution in [3.05, 3.63) is 12.2 Å². The van der Waals surface area contributed by atoms with Gasteiger partial charge in [0.05, 0.1) is 0 Å². The summed E-state index contributed by atoms with van der Waals surface area (Å²) in [6.07, 6.45) is 0.663. The van der Waals surface area contributed by atoms with Crippen LogP contribution in [0.3, 0.4) is 0 Å². The molecule has 0 radical (unpaired) electrons. The summed E-state index contributed by atoms with van der Waals surface area (Å²) in [4.78, 5) is 11.2. The van der Waals surface area contributed by atoms with Crippen LogP contribution in [0, 0.1) is 0 Å². The third kappa shape index (κ3) is 4.06. The number of hydrogen-bond donors (Lipinski definition) is 0. The summed E-state index contributed by atoms with van der Waals surface area (Å²) in [5, 5.41) is 0. The number of rotatable bonds is 8. The molecule has 0 aromatic rings. The Hall–Kier alpha value is -0.413. The largest absolute Gasteiger partial charge is 0.416 e. The summed E-state index contributed by atoms with van der Waals surface area (Å²) in [7, 11) is -1.78. The van der Waals surface area contributed by atoms with Gasteiger partial charge in [-0.05, 0) is 35.5 Å². The van der Waals surface area contributed by atoms with Gasteiger partial charge in [-0.25, -0.2) is 0 Å². The summed E-state index contributed by atoms with van der Waals surface area (Å²) in [5.74, 6) is 0.0736. The molecule has 0 N–H and O–H groups in total. The fourth-order valence-electron chi connectivity index (χ4n) is 3.03. The van der Waals surface area contributed by atoms with E-state index in [1.807, 2.05) is 0 Å². The van der Waals surface area contributed by atoms with Crippen LogP contribution in [-0.2, 0) is 9.22 Å². The lowest BCUT2D eigenvalue weighted by Gasteiger charge is -2.42. The zero-order valence-electron chi connectivity index (χ0n) is 13.2. The van der Waals surface area contributed by atoms with Crippen LogP contribution in [0.15, 0.2) is 12.2 Å². The average Bonchev–Trinajstić information content (AvgIpc) is 2.21. The van der Waals surface area contributed by atoms with Gasteiger partial charge in [0.15, 0.2) is 14.1 Å². The molecule has 0 saturated heterocycles. The van der Waals surface area contributed by atoms with E-state index in [2.05, 4.69) is 48.1 Å². The SMILES string of the molecule is C=C(CCO[Si](C(C)C)(C(C)C)C(C)C)C(C)=O. The second kappa shape index (κ2) is 7.24. The van der Waals surface area contributed by atoms with E-state index in [-0.39, 0.29) is 5.78 Å². The van der Waals surface area contributed by atoms with Crippen LogP contribution in [0.5, 0.6) is 0 Å². The topological polar surface area (TPSA) is 26.3 Å². The molecule has 0 aromatic carbocycles. The molecule has 0 unspecified atom stereocenters. The molecule has 0 rings (SSSR count). The van der Waals surface area contributed by atoms with Crippen molar-refractivity contribution < 1.29 is 9.22 Å². The molecule has 0 aliphatic heterocycles. The maximum atomic E-state index is 11.2. The fraction of sp³-hybridized carbons (Fsp3) is 0.800. The van der Waals surface area contributed by atoms with Crippen molar-refractivity contribution in [2.45, 2.75) is 71.5 Å². The Kier molecular flexibility index (Phi) is 7.08. The van der Waals surface area contributed by atoms with Crippen LogP contribution in [-0.4, -0.2) is 20.7 Å². The monoisotopic (exact) mass is 270 g/mol. The predicted molar refractivity (Wildman–Crippen MR) is 81.4 cm³/mol. The van der Waals surface area contributed by atoms with Crippen LogP contribution in [0.4, 0.5) is 0 Å². The maximum absolute atomic E-state index is 11.2. The first-order chi connectivity index (χ1) is 8.16. The van der Waals surface area contributed by atoms with Crippen LogP contribution in [0.2, 0.25) is 16.6 Å². The van der Waals surface area contributed by atoms with Gasteiger partial charge in [-0.3, -0.25) is 4.79 Å². The molecule has 0 fully saturated rings. The highest BCUT2D eigenvalue weighted by atomic mass is 28.4. The van der Waals surface area contributed by atoms with E-state index in [0.29, 0.717) is 35.2 Å². The Balaban J connectivity index is 4.72. The van der Waals surface area contributed by atoms with Gasteiger partial charge in [-0.15, -0.1) is 0 Å². The van der Waals surface area contributed by atoms with E-state index < -0.39 is 8.32 Å². The first-order valence-electron chi connectivity index (χ1n) is 6.98. The molecule has 106 valence electrons. The van der Waals surface area contributed by atoms with Crippen molar-refractivity contribution in [2.24, 2.45) is 0 Å². The minimum absolute atomic E-state index is 0.0736. The summed E-state index contributed by atoms with van der Waals surface area (Å²) >= 11 is 0. The van der Waals surface area contributed by atoms with E-state index in [1.165, 1.54) is 0 Å². The normalized spacial score (nSPS) is 12.6. The van der Waals surface area contributed by atoms with Gasteiger partial charge in [0.25, 0.3) is 0 Å². The Morgan fingerprint density at radius 1 is 1.06 bits per heavy atom. The number of carbonyl (C=O) groups is 1. The zero-order valence-corrected chi connectivity index (χ0v) is 14.2. The summed E-state index contributed by atoms with van der Waals surface area (Å²) in [6, 6.07) is 0. The van der Waals surface area contributed by atoms with Crippen LogP contribution in [0.1, 0.15) is 54.9 Å². The van der Waals surface area contributed by atoms with Crippen LogP contribution >= 0.6 is 0 Å². The standard InChI is InChI=1S/C15H30O2Si/c1-11(2)18(12(3)4,13(5)6)17-10-9-14(7)15(8)16/h11-13H,7,9-10H2,1-6,8H3. The predicted octanol–water partition coefficient (Wildman–Crippen LogP) is 4.71. The molecule has 18 heavy (non-hydrogen) atoms. The van der Waals surface area contributed by atoms with E-state index >= 15 is 0 Å². The van der Waals surface area contributed by atoms with Crippen LogP contribution in [0.25, 0.3) is 0 Å². The lowest BCUT2D eigenvalue weighted by atomic mass is 10.1. The first-order valence-corrected chi connectivity index (χ1v) is 9.12. The van der Waals surface area contributed by atoms with Crippen molar-refractivity contribution in [1.82, 2.24) is 0 Å². The van der Waals surface area contributed by atoms with E-state index in [4.69, 9.17) is 4.43 Å². The van der Waals surface area contributed by atoms with Gasteiger partial charge in [0.2, 0.25) is 0 Å². The van der Waals surface area contributed by atoms with Crippen molar-refractivity contribution in [3.63, 3.8) is 0 Å². The minimum atomic E-state index is -1.78. The fourth-order valence-corrected chi connectivity index (χ4v) is 8.48. The minimum Gasteiger partial charge on any atom is -0.416 e. The van der Waals surface area contributed by atoms with Gasteiger partial charge >= 0.3 is 0 Å². The highest BCUT2D eigenvalue weighted by Gasteiger charge is 2.44. The molecule has 0 aliphatic carbocycles. The number of carbonyl (C=O) groups excluding carboxylic acids is 1. The third-order valence-corrected chi connectivity index (χ3v) is 10.1. The Morgan fingerprint density at radius 2 is 1.44 bits per heavy atom. The lowest BCUT2D eigenvalue weighted by Crippen LogP contribution is -2.48. The van der Waals surface area contributed by atoms with Gasteiger partial charge in [0.1, 0.15) is 0 Å². The molecule has 0 saturated carbocycles. The molecular formula is C15H30O2Si. The second-order valence-electron chi connectivity index (χ2n) is 6.08. The maximum Gasteiger partial charge on any atom is 0.200 e. The van der Waals surface area contributed by atoms with Crippen molar-refractivity contribution >= 4 is 14.1 Å². The molecule has 3 heteroatoms. The summed E-state index contributed by atoms with van der Waals surface area (Å²) in [5.41, 5.74) is 2.43. The van der Waals surface area contributed by atoms with Gasteiger partial charge < -0.3 is 4.43 Å². The molecule has 0 heterocycles. The van der Waals surface area contributed by atoms with E-state index in [9.17, 15) is 4.79 Å². The summed E-state index contributed by atoms with van der Waals surface area (Å²) in [6.45, 7) is 19.6. The molecule has 0 aromatic heterocycles. The van der Waals surface area contributed by atoms with Crippen molar-refractivity contribution in [2.75, 3.05) is 6.61 Å². The number of Topliss-reactive ketones (excluding diaryl/α,β-unsaturated/α-hetero) is 1. The smallest absolute Gasteiger partial charge is 0.200 e. The molecule has 0 bridgehead atoms. The Labute approximate surface area is 114 Å². The quantitative estimate of drug-likeness (QED) is 0.471. The molecule has 0 spiro atoms. The van der Waals surface area contributed by atoms with Gasteiger partial charge in [-0.2, -0.15) is 0 Å². The van der Waals surface area contributed by atoms with Gasteiger partial charge in [0, 0.05) is 6.61 Å². The summed E-state index contributed by atoms with van der Waals surface area (Å²) < 4.78 is 6.36. The van der Waals surface area contributed by atoms with Crippen molar-refractivity contribution in [3.8, 4) is 0 Å². The highest BCUT2D eigenvalue weighted by molar-refractivity contribution is 6.77. The number of ketones is 1. The molecule has 0 amide bonds. The molecular weight excluding hydrogens is 240 g/mol. The van der Waals surface area contributed by atoms with Crippen LogP contribution < -0.4 is 0 Å².